The minimum atomic E-state index is -1.30. The number of oxazole rings is 1. The van der Waals surface area contributed by atoms with Gasteiger partial charge in [-0.25, -0.2) is 4.98 Å². The van der Waals surface area contributed by atoms with Gasteiger partial charge in [-0.05, 0) is 44.2 Å². The summed E-state index contributed by atoms with van der Waals surface area (Å²) >= 11 is 1.36. The van der Waals surface area contributed by atoms with Gasteiger partial charge in [0, 0.05) is 18.8 Å². The number of carboxylic acids is 1. The number of methoxy groups -OCH3 is 1. The van der Waals surface area contributed by atoms with Crippen LogP contribution in [0.15, 0.2) is 45.9 Å². The van der Waals surface area contributed by atoms with Crippen LogP contribution in [-0.4, -0.2) is 52.3 Å². The number of aliphatic carboxylic acids is 1. The van der Waals surface area contributed by atoms with Gasteiger partial charge in [-0.1, -0.05) is 24.6 Å². The van der Waals surface area contributed by atoms with E-state index in [1.807, 2.05) is 31.2 Å². The molecule has 40 heavy (non-hydrogen) atoms. The first-order valence-corrected chi connectivity index (χ1v) is 14.3. The molecule has 0 radical (unpaired) electrons. The van der Waals surface area contributed by atoms with Gasteiger partial charge in [0.1, 0.15) is 34.1 Å². The van der Waals surface area contributed by atoms with Crippen LogP contribution in [0.3, 0.4) is 0 Å². The maximum Gasteiger partial charge on any atom is 0.315 e. The van der Waals surface area contributed by atoms with E-state index < -0.39 is 17.5 Å². The third-order valence-electron chi connectivity index (χ3n) is 8.07. The molecule has 1 aromatic carbocycles. The standard InChI is InChI=1S/C29H31N3O7S/c1-17-22-23(33)25(29(28(34)35)10-5-11-29)31-32(27(22)40-24(17)26-30-12-15-38-26)16-21(39-18-8-13-37-14-9-18)19-6-3-4-7-20(19)36-2/h3-4,6-7,12,15,18,21H,5,8-11,13-14,16H2,1-2H3,(H,34,35). The molecule has 0 amide bonds. The molecule has 4 aromatic rings. The van der Waals surface area contributed by atoms with Gasteiger partial charge in [0.05, 0.1) is 36.2 Å². The van der Waals surface area contributed by atoms with Crippen LogP contribution in [-0.2, 0) is 26.2 Å². The molecule has 6 rings (SSSR count). The average molecular weight is 566 g/mol. The third-order valence-corrected chi connectivity index (χ3v) is 9.36. The highest BCUT2D eigenvalue weighted by Gasteiger charge is 2.50. The van der Waals surface area contributed by atoms with Crippen molar-refractivity contribution in [2.24, 2.45) is 0 Å². The first-order valence-electron chi connectivity index (χ1n) is 13.5. The van der Waals surface area contributed by atoms with E-state index in [0.717, 1.165) is 24.8 Å². The number of ether oxygens (including phenoxy) is 3. The van der Waals surface area contributed by atoms with E-state index in [2.05, 4.69) is 4.98 Å². The van der Waals surface area contributed by atoms with E-state index in [-0.39, 0.29) is 23.8 Å². The van der Waals surface area contributed by atoms with E-state index in [4.69, 9.17) is 23.7 Å². The predicted molar refractivity (Wildman–Crippen MR) is 148 cm³/mol. The Hall–Kier alpha value is -3.54. The molecule has 3 aromatic heterocycles. The Kier molecular flexibility index (Phi) is 7.20. The molecule has 0 spiro atoms. The van der Waals surface area contributed by atoms with Crippen LogP contribution in [0.4, 0.5) is 0 Å². The van der Waals surface area contributed by atoms with Gasteiger partial charge in [0.15, 0.2) is 0 Å². The van der Waals surface area contributed by atoms with E-state index in [0.29, 0.717) is 58.4 Å². The molecule has 2 aliphatic rings. The second-order valence-corrected chi connectivity index (χ2v) is 11.4. The van der Waals surface area contributed by atoms with E-state index in [1.165, 1.54) is 17.6 Å². The van der Waals surface area contributed by atoms with Crippen molar-refractivity contribution in [1.29, 1.82) is 0 Å². The van der Waals surface area contributed by atoms with Gasteiger partial charge >= 0.3 is 5.97 Å². The lowest BCUT2D eigenvalue weighted by Gasteiger charge is -2.36. The fourth-order valence-corrected chi connectivity index (χ4v) is 6.89. The SMILES string of the molecule is COc1ccccc1C(Cn1nc(C2(C(=O)O)CCC2)c(=O)c2c(C)c(-c3ncco3)sc21)OC1CCOCC1. The lowest BCUT2D eigenvalue weighted by Crippen LogP contribution is -2.47. The number of aryl methyl sites for hydroxylation is 1. The molecule has 1 atom stereocenters. The summed E-state index contributed by atoms with van der Waals surface area (Å²) in [5.41, 5.74) is -0.0256. The van der Waals surface area contributed by atoms with Crippen LogP contribution in [0.1, 0.15) is 55.0 Å². The molecule has 0 bridgehead atoms. The maximum absolute atomic E-state index is 14.0. The number of hydrogen-bond acceptors (Lipinski definition) is 9. The van der Waals surface area contributed by atoms with Crippen molar-refractivity contribution in [3.63, 3.8) is 0 Å². The van der Waals surface area contributed by atoms with Crippen LogP contribution < -0.4 is 10.2 Å². The van der Waals surface area contributed by atoms with Crippen LogP contribution >= 0.6 is 11.3 Å². The number of benzene rings is 1. The Morgan fingerprint density at radius 2 is 2.05 bits per heavy atom. The monoisotopic (exact) mass is 565 g/mol. The predicted octanol–water partition coefficient (Wildman–Crippen LogP) is 4.87. The van der Waals surface area contributed by atoms with Gasteiger partial charge in [0.25, 0.3) is 0 Å². The molecule has 1 aliphatic heterocycles. The van der Waals surface area contributed by atoms with Crippen molar-refractivity contribution in [2.75, 3.05) is 20.3 Å². The Morgan fingerprint density at radius 1 is 1.27 bits per heavy atom. The number of rotatable bonds is 9. The highest BCUT2D eigenvalue weighted by Crippen LogP contribution is 2.44. The number of aromatic nitrogens is 3. The maximum atomic E-state index is 14.0. The number of fused-ring (bicyclic) bond motifs is 1. The smallest absolute Gasteiger partial charge is 0.315 e. The molecule has 1 aliphatic carbocycles. The Labute approximate surface area is 234 Å². The Bertz CT molecular complexity index is 1580. The highest BCUT2D eigenvalue weighted by atomic mass is 32.1. The van der Waals surface area contributed by atoms with Crippen LogP contribution in [0, 0.1) is 6.92 Å². The zero-order valence-electron chi connectivity index (χ0n) is 22.4. The van der Waals surface area contributed by atoms with Crippen molar-refractivity contribution in [3.8, 4) is 16.5 Å². The van der Waals surface area contributed by atoms with Crippen molar-refractivity contribution in [1.82, 2.24) is 14.8 Å². The number of nitrogens with zero attached hydrogens (tertiary/aromatic N) is 3. The van der Waals surface area contributed by atoms with Crippen LogP contribution in [0.5, 0.6) is 5.75 Å². The summed E-state index contributed by atoms with van der Waals surface area (Å²) in [6.45, 7) is 3.35. The number of para-hydroxylation sites is 1. The van der Waals surface area contributed by atoms with Crippen molar-refractivity contribution < 1.29 is 28.5 Å². The first kappa shape index (κ1) is 26.7. The van der Waals surface area contributed by atoms with Crippen LogP contribution in [0.2, 0.25) is 0 Å². The lowest BCUT2D eigenvalue weighted by molar-refractivity contribution is -0.147. The number of thiophene rings is 1. The molecule has 210 valence electrons. The fraction of sp³-hybridized carbons (Fsp3) is 0.448. The minimum absolute atomic E-state index is 0.0250. The Morgan fingerprint density at radius 3 is 2.70 bits per heavy atom. The summed E-state index contributed by atoms with van der Waals surface area (Å²) in [6.07, 6.45) is 5.55. The van der Waals surface area contributed by atoms with E-state index in [1.54, 1.807) is 18.0 Å². The zero-order valence-corrected chi connectivity index (χ0v) is 23.2. The minimum Gasteiger partial charge on any atom is -0.496 e. The van der Waals surface area contributed by atoms with Crippen LogP contribution in [0.25, 0.3) is 21.0 Å². The van der Waals surface area contributed by atoms with Crippen molar-refractivity contribution >= 4 is 27.5 Å². The summed E-state index contributed by atoms with van der Waals surface area (Å²) in [7, 11) is 1.62. The molecule has 1 saturated carbocycles. The summed E-state index contributed by atoms with van der Waals surface area (Å²) in [6, 6.07) is 7.69. The molecule has 1 N–H and O–H groups in total. The number of hydrogen-bond donors (Lipinski definition) is 1. The summed E-state index contributed by atoms with van der Waals surface area (Å²) < 4.78 is 25.2. The molecule has 4 heterocycles. The van der Waals surface area contributed by atoms with Gasteiger partial charge in [0.2, 0.25) is 11.3 Å². The zero-order chi connectivity index (χ0) is 27.9. The van der Waals surface area contributed by atoms with Crippen molar-refractivity contribution in [2.45, 2.75) is 63.2 Å². The van der Waals surface area contributed by atoms with Gasteiger partial charge in [-0.3, -0.25) is 14.3 Å². The molecule has 2 fully saturated rings. The topological polar surface area (TPSA) is 126 Å². The Balaban J connectivity index is 1.53. The second-order valence-electron chi connectivity index (χ2n) is 10.4. The second kappa shape index (κ2) is 10.8. The largest absolute Gasteiger partial charge is 0.496 e. The summed E-state index contributed by atoms with van der Waals surface area (Å²) in [4.78, 5) is 32.1. The number of carboxylic acid groups (broad SMARTS) is 1. The average Bonchev–Trinajstić information content (AvgIpc) is 3.59. The summed E-state index contributed by atoms with van der Waals surface area (Å²) in [5, 5.41) is 15.5. The quantitative estimate of drug-likeness (QED) is 0.302. The first-order chi connectivity index (χ1) is 19.4. The molecule has 10 nitrogen and oxygen atoms in total. The number of carbonyl (C=O) groups is 1. The molecular weight excluding hydrogens is 534 g/mol. The van der Waals surface area contributed by atoms with Gasteiger partial charge < -0.3 is 23.7 Å². The molecule has 1 saturated heterocycles. The van der Waals surface area contributed by atoms with Gasteiger partial charge in [-0.15, -0.1) is 11.3 Å². The lowest BCUT2D eigenvalue weighted by atomic mass is 9.66. The highest BCUT2D eigenvalue weighted by molar-refractivity contribution is 7.22. The van der Waals surface area contributed by atoms with E-state index >= 15 is 0 Å². The molecular formula is C29H31N3O7S. The van der Waals surface area contributed by atoms with Crippen molar-refractivity contribution in [3.05, 3.63) is 63.8 Å². The summed E-state index contributed by atoms with van der Waals surface area (Å²) in [5.74, 6) is 0.0678. The van der Waals surface area contributed by atoms with E-state index in [9.17, 15) is 14.7 Å². The van der Waals surface area contributed by atoms with Gasteiger partial charge in [-0.2, -0.15) is 5.10 Å². The normalized spacial score (nSPS) is 17.9. The molecule has 11 heteroatoms. The fourth-order valence-electron chi connectivity index (χ4n) is 5.68. The third kappa shape index (κ3) is 4.51. The molecule has 1 unspecified atom stereocenters.